The molecule has 0 aliphatic carbocycles. The van der Waals surface area contributed by atoms with Gasteiger partial charge in [0.15, 0.2) is 4.80 Å². The third-order valence-electron chi connectivity index (χ3n) is 4.21. The summed E-state index contributed by atoms with van der Waals surface area (Å²) in [5.41, 5.74) is 1.96. The zero-order chi connectivity index (χ0) is 20.4. The number of fused-ring (bicyclic) bond motifs is 1. The summed E-state index contributed by atoms with van der Waals surface area (Å²) >= 11 is 1.33. The summed E-state index contributed by atoms with van der Waals surface area (Å²) in [5, 5.41) is 4.39. The molecule has 0 atom stereocenters. The first-order chi connectivity index (χ1) is 13.4. The highest BCUT2D eigenvalue weighted by molar-refractivity contribution is 7.16. The molecule has 0 bridgehead atoms. The lowest BCUT2D eigenvalue weighted by atomic mass is 10.3. The van der Waals surface area contributed by atoms with Crippen LogP contribution in [0.4, 0.5) is 0 Å². The second kappa shape index (κ2) is 7.90. The molecule has 3 rings (SSSR count). The standard InChI is InChI=1S/C20H22N4O3S/c1-7-10-23-17-15(26-5)8-9-16(27-6)18(17)28-20(23)21-19(25)14-11-13(4)22-24(14)12(2)3/h1,8-9,11-12H,10H2,2-6H3. The number of aryl methyl sites for hydroxylation is 1. The van der Waals surface area contributed by atoms with Crippen molar-refractivity contribution >= 4 is 27.5 Å². The average molecular weight is 398 g/mol. The first-order valence-electron chi connectivity index (χ1n) is 8.74. The number of hydrogen-bond donors (Lipinski definition) is 0. The van der Waals surface area contributed by atoms with Gasteiger partial charge in [0.05, 0.1) is 26.5 Å². The van der Waals surface area contributed by atoms with E-state index in [1.54, 1.807) is 29.5 Å². The van der Waals surface area contributed by atoms with Crippen molar-refractivity contribution in [3.8, 4) is 23.8 Å². The van der Waals surface area contributed by atoms with Crippen LogP contribution in [0.25, 0.3) is 10.2 Å². The van der Waals surface area contributed by atoms with Gasteiger partial charge in [0, 0.05) is 6.04 Å². The Bertz CT molecular complexity index is 1140. The van der Waals surface area contributed by atoms with Crippen molar-refractivity contribution in [2.75, 3.05) is 14.2 Å². The monoisotopic (exact) mass is 398 g/mol. The molecule has 3 aromatic rings. The molecule has 28 heavy (non-hydrogen) atoms. The van der Waals surface area contributed by atoms with Crippen LogP contribution in [0.5, 0.6) is 11.5 Å². The molecule has 0 fully saturated rings. The van der Waals surface area contributed by atoms with E-state index in [-0.39, 0.29) is 18.5 Å². The Morgan fingerprint density at radius 2 is 2.00 bits per heavy atom. The van der Waals surface area contributed by atoms with Crippen LogP contribution >= 0.6 is 11.3 Å². The van der Waals surface area contributed by atoms with Gasteiger partial charge in [-0.1, -0.05) is 17.3 Å². The summed E-state index contributed by atoms with van der Waals surface area (Å²) in [6, 6.07) is 5.42. The van der Waals surface area contributed by atoms with E-state index in [0.717, 1.165) is 15.9 Å². The number of ether oxygens (including phenoxy) is 2. The molecule has 2 aromatic heterocycles. The number of aromatic nitrogens is 3. The maximum absolute atomic E-state index is 12.9. The van der Waals surface area contributed by atoms with Gasteiger partial charge >= 0.3 is 0 Å². The number of methoxy groups -OCH3 is 2. The van der Waals surface area contributed by atoms with Gasteiger partial charge in [-0.2, -0.15) is 10.1 Å². The molecule has 8 heteroatoms. The quantitative estimate of drug-likeness (QED) is 0.619. The van der Waals surface area contributed by atoms with Crippen molar-refractivity contribution < 1.29 is 14.3 Å². The third kappa shape index (κ3) is 3.41. The highest BCUT2D eigenvalue weighted by Gasteiger charge is 2.19. The minimum atomic E-state index is -0.371. The number of thiazole rings is 1. The van der Waals surface area contributed by atoms with Crippen LogP contribution in [0.15, 0.2) is 23.2 Å². The first kappa shape index (κ1) is 19.7. The second-order valence-corrected chi connectivity index (χ2v) is 7.43. The van der Waals surface area contributed by atoms with Gasteiger partial charge in [-0.3, -0.25) is 9.48 Å². The van der Waals surface area contributed by atoms with Crippen LogP contribution in [-0.4, -0.2) is 34.5 Å². The van der Waals surface area contributed by atoms with Gasteiger partial charge in [0.25, 0.3) is 5.91 Å². The molecule has 1 amide bonds. The lowest BCUT2D eigenvalue weighted by molar-refractivity contribution is 0.0986. The Hall–Kier alpha value is -3.05. The predicted molar refractivity (Wildman–Crippen MR) is 109 cm³/mol. The lowest BCUT2D eigenvalue weighted by Gasteiger charge is -2.08. The minimum absolute atomic E-state index is 0.0447. The highest BCUT2D eigenvalue weighted by atomic mass is 32.1. The van der Waals surface area contributed by atoms with Gasteiger partial charge in [-0.05, 0) is 39.0 Å². The number of terminal acetylenes is 1. The van der Waals surface area contributed by atoms with Crippen molar-refractivity contribution in [3.63, 3.8) is 0 Å². The number of carbonyl (C=O) groups is 1. The van der Waals surface area contributed by atoms with E-state index in [1.165, 1.54) is 11.3 Å². The van der Waals surface area contributed by atoms with E-state index in [0.29, 0.717) is 22.0 Å². The van der Waals surface area contributed by atoms with E-state index in [1.807, 2.05) is 32.9 Å². The summed E-state index contributed by atoms with van der Waals surface area (Å²) in [4.78, 5) is 17.8. The molecule has 0 aliphatic rings. The third-order valence-corrected chi connectivity index (χ3v) is 5.30. The number of hydrogen-bond acceptors (Lipinski definition) is 5. The summed E-state index contributed by atoms with van der Waals surface area (Å²) < 4.78 is 15.3. The predicted octanol–water partition coefficient (Wildman–Crippen LogP) is 3.18. The number of carbonyl (C=O) groups excluding carboxylic acids is 1. The lowest BCUT2D eigenvalue weighted by Crippen LogP contribution is -2.18. The molecule has 0 N–H and O–H groups in total. The summed E-state index contributed by atoms with van der Waals surface area (Å²) in [6.45, 7) is 6.04. The maximum atomic E-state index is 12.9. The van der Waals surface area contributed by atoms with Gasteiger partial charge in [0.1, 0.15) is 27.4 Å². The molecule has 0 aliphatic heterocycles. The maximum Gasteiger partial charge on any atom is 0.297 e. The molecule has 0 spiro atoms. The van der Waals surface area contributed by atoms with Crippen LogP contribution in [0.2, 0.25) is 0 Å². The van der Waals surface area contributed by atoms with Crippen molar-refractivity contribution in [2.45, 2.75) is 33.4 Å². The first-order valence-corrected chi connectivity index (χ1v) is 9.55. The van der Waals surface area contributed by atoms with Gasteiger partial charge in [-0.15, -0.1) is 6.42 Å². The molecule has 1 aromatic carbocycles. The zero-order valence-electron chi connectivity index (χ0n) is 16.5. The normalized spacial score (nSPS) is 11.8. The molecular formula is C20H22N4O3S. The van der Waals surface area contributed by atoms with Crippen LogP contribution in [0, 0.1) is 19.3 Å². The van der Waals surface area contributed by atoms with Gasteiger partial charge in [0.2, 0.25) is 0 Å². The van der Waals surface area contributed by atoms with Crippen molar-refractivity contribution in [1.29, 1.82) is 0 Å². The van der Waals surface area contributed by atoms with Crippen LogP contribution < -0.4 is 14.3 Å². The largest absolute Gasteiger partial charge is 0.495 e. The molecule has 0 radical (unpaired) electrons. The highest BCUT2D eigenvalue weighted by Crippen LogP contribution is 2.35. The van der Waals surface area contributed by atoms with Gasteiger partial charge in [-0.25, -0.2) is 0 Å². The molecular weight excluding hydrogens is 376 g/mol. The topological polar surface area (TPSA) is 70.6 Å². The fourth-order valence-corrected chi connectivity index (χ4v) is 4.13. The number of nitrogens with zero attached hydrogens (tertiary/aromatic N) is 4. The molecule has 0 saturated carbocycles. The minimum Gasteiger partial charge on any atom is -0.495 e. The fourth-order valence-electron chi connectivity index (χ4n) is 2.99. The van der Waals surface area contributed by atoms with Crippen molar-refractivity contribution in [2.24, 2.45) is 4.99 Å². The second-order valence-electron chi connectivity index (χ2n) is 6.45. The summed E-state index contributed by atoms with van der Waals surface area (Å²) in [5.74, 6) is 3.56. The Labute approximate surface area is 167 Å². The smallest absolute Gasteiger partial charge is 0.297 e. The van der Waals surface area contributed by atoms with Crippen molar-refractivity contribution in [3.05, 3.63) is 34.4 Å². The Morgan fingerprint density at radius 3 is 2.61 bits per heavy atom. The van der Waals surface area contributed by atoms with Crippen molar-refractivity contribution in [1.82, 2.24) is 14.3 Å². The van der Waals surface area contributed by atoms with E-state index >= 15 is 0 Å². The fraction of sp³-hybridized carbons (Fsp3) is 0.350. The number of amides is 1. The molecule has 7 nitrogen and oxygen atoms in total. The van der Waals surface area contributed by atoms with Gasteiger partial charge < -0.3 is 14.0 Å². The van der Waals surface area contributed by atoms with Crippen LogP contribution in [-0.2, 0) is 6.54 Å². The Balaban J connectivity index is 2.27. The van der Waals surface area contributed by atoms with E-state index in [2.05, 4.69) is 16.0 Å². The van der Waals surface area contributed by atoms with Crippen LogP contribution in [0.1, 0.15) is 36.1 Å². The summed E-state index contributed by atoms with van der Waals surface area (Å²) in [7, 11) is 3.18. The molecule has 2 heterocycles. The van der Waals surface area contributed by atoms with Crippen LogP contribution in [0.3, 0.4) is 0 Å². The Kier molecular flexibility index (Phi) is 5.56. The van der Waals surface area contributed by atoms with E-state index in [9.17, 15) is 4.79 Å². The summed E-state index contributed by atoms with van der Waals surface area (Å²) in [6.07, 6.45) is 5.57. The number of benzene rings is 1. The molecule has 0 saturated heterocycles. The average Bonchev–Trinajstić information content (AvgIpc) is 3.23. The zero-order valence-corrected chi connectivity index (χ0v) is 17.3. The Morgan fingerprint density at radius 1 is 1.32 bits per heavy atom. The number of rotatable bonds is 5. The van der Waals surface area contributed by atoms with E-state index in [4.69, 9.17) is 15.9 Å². The molecule has 0 unspecified atom stereocenters. The van der Waals surface area contributed by atoms with E-state index < -0.39 is 0 Å². The SMILES string of the molecule is C#CCn1c(=NC(=O)c2cc(C)nn2C(C)C)sc2c(OC)ccc(OC)c21. The molecule has 146 valence electrons.